The number of ether oxygens (including phenoxy) is 1. The molecule has 2 unspecified atom stereocenters. The highest BCUT2D eigenvalue weighted by Crippen LogP contribution is 2.48. The Kier molecular flexibility index (Phi) is 6.72. The summed E-state index contributed by atoms with van der Waals surface area (Å²) < 4.78 is 8.98. The van der Waals surface area contributed by atoms with E-state index in [1.165, 1.54) is 0 Å². The van der Waals surface area contributed by atoms with Crippen molar-refractivity contribution < 1.29 is 19.4 Å². The lowest BCUT2D eigenvalue weighted by Gasteiger charge is -2.24. The average molecular weight is 579 g/mol. The van der Waals surface area contributed by atoms with E-state index in [1.54, 1.807) is 22.6 Å². The zero-order chi connectivity index (χ0) is 27.4. The lowest BCUT2D eigenvalue weighted by molar-refractivity contribution is -0.144. The van der Waals surface area contributed by atoms with Crippen LogP contribution < -0.4 is 9.64 Å². The molecule has 0 spiro atoms. The van der Waals surface area contributed by atoms with Gasteiger partial charge in [-0.25, -0.2) is 4.98 Å². The molecule has 2 heterocycles. The Balaban J connectivity index is 1.58. The van der Waals surface area contributed by atoms with Gasteiger partial charge in [0.25, 0.3) is 5.88 Å². The number of aliphatic carboxylic acids is 1. The van der Waals surface area contributed by atoms with E-state index in [0.717, 1.165) is 39.6 Å². The molecule has 198 valence electrons. The van der Waals surface area contributed by atoms with Gasteiger partial charge in [0.2, 0.25) is 0 Å². The summed E-state index contributed by atoms with van der Waals surface area (Å²) >= 11 is 3.65. The second-order valence-electron chi connectivity index (χ2n) is 11.0. The number of rotatable bonds is 6. The van der Waals surface area contributed by atoms with Crippen LogP contribution in [0.15, 0.2) is 28.7 Å². The third-order valence-corrected chi connectivity index (χ3v) is 8.51. The van der Waals surface area contributed by atoms with Gasteiger partial charge in [0.05, 0.1) is 17.1 Å². The number of benzene rings is 1. The summed E-state index contributed by atoms with van der Waals surface area (Å²) in [6.07, 6.45) is 2.85. The van der Waals surface area contributed by atoms with Crippen molar-refractivity contribution in [2.24, 2.45) is 18.4 Å². The van der Waals surface area contributed by atoms with Crippen LogP contribution in [0.4, 0.5) is 11.5 Å². The fraction of sp³-hybridized carbons (Fsp3) is 0.448. The molecule has 0 bridgehead atoms. The number of fused-ring (bicyclic) bond motifs is 1. The molecule has 1 amide bonds. The first-order valence-corrected chi connectivity index (χ1v) is 13.6. The molecule has 0 saturated heterocycles. The number of nitrogens with zero attached hydrogens (tertiary/aromatic N) is 4. The van der Waals surface area contributed by atoms with E-state index in [2.05, 4.69) is 38.9 Å². The molecule has 3 aromatic rings. The predicted octanol–water partition coefficient (Wildman–Crippen LogP) is 5.87. The van der Waals surface area contributed by atoms with Crippen LogP contribution in [0.1, 0.15) is 63.5 Å². The zero-order valence-corrected chi connectivity index (χ0v) is 23.8. The Morgan fingerprint density at radius 3 is 2.63 bits per heavy atom. The Morgan fingerprint density at radius 1 is 1.26 bits per heavy atom. The Hall–Kier alpha value is -3.38. The Bertz CT molecular complexity index is 1510. The first-order chi connectivity index (χ1) is 18.0. The van der Waals surface area contributed by atoms with Gasteiger partial charge >= 0.3 is 11.9 Å². The van der Waals surface area contributed by atoms with Crippen LogP contribution in [-0.4, -0.2) is 37.9 Å². The first kappa shape index (κ1) is 26.2. The van der Waals surface area contributed by atoms with Gasteiger partial charge in [-0.2, -0.15) is 0 Å². The lowest BCUT2D eigenvalue weighted by Crippen LogP contribution is -2.26. The van der Waals surface area contributed by atoms with Crippen LogP contribution in [0.2, 0.25) is 0 Å². The van der Waals surface area contributed by atoms with Crippen molar-refractivity contribution in [3.8, 4) is 17.7 Å². The van der Waals surface area contributed by atoms with Crippen LogP contribution in [0, 0.1) is 30.1 Å². The molecule has 2 saturated carbocycles. The van der Waals surface area contributed by atoms with Gasteiger partial charge in [-0.05, 0) is 92.2 Å². The fourth-order valence-electron chi connectivity index (χ4n) is 5.47. The van der Waals surface area contributed by atoms with Gasteiger partial charge in [-0.3, -0.25) is 19.2 Å². The van der Waals surface area contributed by atoms with Crippen LogP contribution in [0.5, 0.6) is 5.88 Å². The van der Waals surface area contributed by atoms with E-state index in [-0.39, 0.29) is 17.4 Å². The third kappa shape index (κ3) is 4.78. The standard InChI is InChI=1S/C29H31BrN4O4/c1-6-7-25(35)34(23-12-16(2)21(30)14-19(23)17-8-9-17)24-11-10-22-26(31-24)27(32-33(22)5)38-18-13-20(28(36)37)29(3,4)15-18/h10-12,14,17-18,20H,8-9,13,15H2,1-5H3,(H,36,37). The first-order valence-electron chi connectivity index (χ1n) is 12.8. The molecule has 2 aliphatic carbocycles. The Morgan fingerprint density at radius 2 is 2.00 bits per heavy atom. The Labute approximate surface area is 230 Å². The van der Waals surface area contributed by atoms with Crippen molar-refractivity contribution in [3.05, 3.63) is 39.9 Å². The van der Waals surface area contributed by atoms with Crippen molar-refractivity contribution in [3.63, 3.8) is 0 Å². The van der Waals surface area contributed by atoms with Crippen molar-refractivity contribution >= 4 is 50.3 Å². The highest BCUT2D eigenvalue weighted by Gasteiger charge is 2.46. The number of carbonyl (C=O) groups excluding carboxylic acids is 1. The number of carbonyl (C=O) groups is 2. The topological polar surface area (TPSA) is 97.6 Å². The molecule has 9 heteroatoms. The lowest BCUT2D eigenvalue weighted by atomic mass is 9.82. The number of hydrogen-bond acceptors (Lipinski definition) is 5. The van der Waals surface area contributed by atoms with Gasteiger partial charge < -0.3 is 9.84 Å². The monoisotopic (exact) mass is 578 g/mol. The number of aromatic nitrogens is 3. The van der Waals surface area contributed by atoms with Gasteiger partial charge in [0, 0.05) is 11.5 Å². The maximum atomic E-state index is 13.4. The molecule has 8 nitrogen and oxygen atoms in total. The summed E-state index contributed by atoms with van der Waals surface area (Å²) in [5.74, 6) is 4.91. The molecule has 38 heavy (non-hydrogen) atoms. The average Bonchev–Trinajstić information content (AvgIpc) is 3.58. The number of anilines is 2. The van der Waals surface area contributed by atoms with E-state index in [0.29, 0.717) is 36.0 Å². The molecular formula is C29H31BrN4O4. The number of hydrogen-bond donors (Lipinski definition) is 1. The van der Waals surface area contributed by atoms with Crippen molar-refractivity contribution in [1.29, 1.82) is 0 Å². The summed E-state index contributed by atoms with van der Waals surface area (Å²) in [6, 6.07) is 7.78. The number of aryl methyl sites for hydroxylation is 2. The molecule has 2 aliphatic rings. The van der Waals surface area contributed by atoms with E-state index in [4.69, 9.17) is 9.72 Å². The molecule has 2 fully saturated rings. The summed E-state index contributed by atoms with van der Waals surface area (Å²) in [4.78, 5) is 31.7. The number of carboxylic acids is 1. The van der Waals surface area contributed by atoms with Gasteiger partial charge in [0.1, 0.15) is 11.9 Å². The highest BCUT2D eigenvalue weighted by molar-refractivity contribution is 9.10. The summed E-state index contributed by atoms with van der Waals surface area (Å²) in [6.45, 7) is 7.55. The van der Waals surface area contributed by atoms with Crippen molar-refractivity contribution in [2.75, 3.05) is 4.90 Å². The summed E-state index contributed by atoms with van der Waals surface area (Å²) in [5, 5.41) is 14.2. The fourth-order valence-corrected chi connectivity index (χ4v) is 5.84. The molecule has 0 radical (unpaired) electrons. The largest absolute Gasteiger partial charge is 0.481 e. The molecule has 2 atom stereocenters. The van der Waals surface area contributed by atoms with Gasteiger partial charge in [0.15, 0.2) is 5.52 Å². The summed E-state index contributed by atoms with van der Waals surface area (Å²) in [5.41, 5.74) is 3.76. The molecule has 1 aromatic carbocycles. The minimum absolute atomic E-state index is 0.297. The normalized spacial score (nSPS) is 20.2. The van der Waals surface area contributed by atoms with E-state index in [9.17, 15) is 14.7 Å². The quantitative estimate of drug-likeness (QED) is 0.367. The second-order valence-corrected chi connectivity index (χ2v) is 11.8. The third-order valence-electron chi connectivity index (χ3n) is 7.65. The van der Waals surface area contributed by atoms with E-state index >= 15 is 0 Å². The number of amides is 1. The molecule has 5 rings (SSSR count). The predicted molar refractivity (Wildman–Crippen MR) is 149 cm³/mol. The van der Waals surface area contributed by atoms with E-state index in [1.807, 2.05) is 40.0 Å². The minimum atomic E-state index is -0.810. The number of pyridine rings is 1. The minimum Gasteiger partial charge on any atom is -0.481 e. The van der Waals surface area contributed by atoms with E-state index < -0.39 is 11.9 Å². The van der Waals surface area contributed by atoms with Crippen LogP contribution in [0.3, 0.4) is 0 Å². The second kappa shape index (κ2) is 9.73. The SMILES string of the molecule is CC#CC(=O)N(c1ccc2c(n1)c(OC1CC(C(=O)O)C(C)(C)C1)nn2C)c1cc(C)c(Br)cc1C1CC1. The molecule has 1 N–H and O–H groups in total. The van der Waals surface area contributed by atoms with Gasteiger partial charge in [-0.1, -0.05) is 35.7 Å². The summed E-state index contributed by atoms with van der Waals surface area (Å²) in [7, 11) is 1.81. The number of carboxylic acid groups (broad SMARTS) is 1. The molecular weight excluding hydrogens is 548 g/mol. The molecule has 2 aromatic heterocycles. The van der Waals surface area contributed by atoms with Gasteiger partial charge in [-0.15, -0.1) is 5.10 Å². The van der Waals surface area contributed by atoms with Crippen LogP contribution in [-0.2, 0) is 16.6 Å². The van der Waals surface area contributed by atoms with Crippen molar-refractivity contribution in [1.82, 2.24) is 14.8 Å². The van der Waals surface area contributed by atoms with Crippen LogP contribution in [0.25, 0.3) is 11.0 Å². The highest BCUT2D eigenvalue weighted by atomic mass is 79.9. The zero-order valence-electron chi connectivity index (χ0n) is 22.2. The number of halogens is 1. The smallest absolute Gasteiger partial charge is 0.308 e. The van der Waals surface area contributed by atoms with Crippen LogP contribution >= 0.6 is 15.9 Å². The maximum absolute atomic E-state index is 13.4. The van der Waals surface area contributed by atoms with Crippen molar-refractivity contribution in [2.45, 2.75) is 65.4 Å². The molecule has 0 aliphatic heterocycles. The maximum Gasteiger partial charge on any atom is 0.308 e.